The standard InChI is InChI=1S/C18H16N2O2S/c1-2-15(17-8-5-9-23-17)19-20-18(22)14-10-12-6-3-4-7-13(12)11-16(14)21/h3-11,21H,2H2,1H3,(H,20,22)/b19-15-. The lowest BCUT2D eigenvalue weighted by Gasteiger charge is -2.07. The average Bonchev–Trinajstić information content (AvgIpc) is 3.09. The van der Waals surface area contributed by atoms with Gasteiger partial charge in [-0.2, -0.15) is 5.10 Å². The third-order valence-electron chi connectivity index (χ3n) is 3.54. The van der Waals surface area contributed by atoms with Crippen molar-refractivity contribution in [2.45, 2.75) is 13.3 Å². The van der Waals surface area contributed by atoms with Crippen LogP contribution in [0.2, 0.25) is 0 Å². The number of phenols is 1. The number of amides is 1. The summed E-state index contributed by atoms with van der Waals surface area (Å²) >= 11 is 1.58. The molecule has 2 aromatic carbocycles. The van der Waals surface area contributed by atoms with Gasteiger partial charge in [-0.1, -0.05) is 37.3 Å². The van der Waals surface area contributed by atoms with Gasteiger partial charge in [-0.3, -0.25) is 4.79 Å². The summed E-state index contributed by atoms with van der Waals surface area (Å²) in [7, 11) is 0. The van der Waals surface area contributed by atoms with Gasteiger partial charge in [0, 0.05) is 0 Å². The van der Waals surface area contributed by atoms with Crippen molar-refractivity contribution in [3.8, 4) is 5.75 Å². The van der Waals surface area contributed by atoms with E-state index in [1.165, 1.54) is 0 Å². The SMILES string of the molecule is CC/C(=N/NC(=O)c1cc2ccccc2cc1O)c1cccs1. The van der Waals surface area contributed by atoms with Gasteiger partial charge in [0.15, 0.2) is 0 Å². The number of fused-ring (bicyclic) bond motifs is 1. The number of carbonyl (C=O) groups is 1. The van der Waals surface area contributed by atoms with Crippen LogP contribution in [-0.2, 0) is 0 Å². The van der Waals surface area contributed by atoms with Crippen molar-refractivity contribution >= 4 is 33.7 Å². The maximum Gasteiger partial charge on any atom is 0.275 e. The lowest BCUT2D eigenvalue weighted by Crippen LogP contribution is -2.19. The summed E-state index contributed by atoms with van der Waals surface area (Å²) in [5, 5.41) is 18.0. The fraction of sp³-hybridized carbons (Fsp3) is 0.111. The molecule has 4 nitrogen and oxygen atoms in total. The minimum atomic E-state index is -0.421. The molecule has 0 radical (unpaired) electrons. The lowest BCUT2D eigenvalue weighted by molar-refractivity contribution is 0.0952. The topological polar surface area (TPSA) is 61.7 Å². The van der Waals surface area contributed by atoms with Gasteiger partial charge in [0.25, 0.3) is 5.91 Å². The number of hydrogen-bond acceptors (Lipinski definition) is 4. The van der Waals surface area contributed by atoms with E-state index in [9.17, 15) is 9.90 Å². The molecule has 1 heterocycles. The zero-order valence-corrected chi connectivity index (χ0v) is 13.4. The van der Waals surface area contributed by atoms with Crippen LogP contribution in [0.4, 0.5) is 0 Å². The van der Waals surface area contributed by atoms with Crippen LogP contribution in [0.1, 0.15) is 28.6 Å². The van der Waals surface area contributed by atoms with Crippen molar-refractivity contribution in [3.05, 3.63) is 64.4 Å². The van der Waals surface area contributed by atoms with Gasteiger partial charge in [-0.25, -0.2) is 5.43 Å². The Kier molecular flexibility index (Phi) is 4.39. The highest BCUT2D eigenvalue weighted by atomic mass is 32.1. The highest BCUT2D eigenvalue weighted by Crippen LogP contribution is 2.24. The smallest absolute Gasteiger partial charge is 0.275 e. The van der Waals surface area contributed by atoms with Crippen molar-refractivity contribution in [2.75, 3.05) is 0 Å². The normalized spacial score (nSPS) is 11.6. The van der Waals surface area contributed by atoms with E-state index in [0.717, 1.165) is 21.4 Å². The summed E-state index contributed by atoms with van der Waals surface area (Å²) < 4.78 is 0. The Morgan fingerprint density at radius 3 is 2.57 bits per heavy atom. The number of aromatic hydroxyl groups is 1. The zero-order chi connectivity index (χ0) is 16.2. The second kappa shape index (κ2) is 6.62. The Hall–Kier alpha value is -2.66. The molecule has 2 N–H and O–H groups in total. The number of hydrazone groups is 1. The van der Waals surface area contributed by atoms with Crippen LogP contribution in [0.3, 0.4) is 0 Å². The van der Waals surface area contributed by atoms with E-state index in [0.29, 0.717) is 6.42 Å². The van der Waals surface area contributed by atoms with E-state index in [1.807, 2.05) is 48.7 Å². The molecule has 0 bridgehead atoms. The number of rotatable bonds is 4. The highest BCUT2D eigenvalue weighted by molar-refractivity contribution is 7.12. The van der Waals surface area contributed by atoms with Crippen LogP contribution in [0.5, 0.6) is 5.75 Å². The molecule has 1 amide bonds. The Morgan fingerprint density at radius 1 is 1.17 bits per heavy atom. The minimum absolute atomic E-state index is 0.0504. The summed E-state index contributed by atoms with van der Waals surface area (Å²) in [6, 6.07) is 14.7. The molecule has 0 unspecified atom stereocenters. The van der Waals surface area contributed by atoms with Gasteiger partial charge in [-0.05, 0) is 40.8 Å². The van der Waals surface area contributed by atoms with Gasteiger partial charge in [0.1, 0.15) is 5.75 Å². The molecule has 0 aliphatic rings. The first-order valence-corrected chi connectivity index (χ1v) is 8.19. The van der Waals surface area contributed by atoms with E-state index in [1.54, 1.807) is 23.5 Å². The fourth-order valence-corrected chi connectivity index (χ4v) is 3.13. The van der Waals surface area contributed by atoms with Crippen LogP contribution in [0.15, 0.2) is 59.0 Å². The lowest BCUT2D eigenvalue weighted by atomic mass is 10.1. The first-order chi connectivity index (χ1) is 11.2. The second-order valence-corrected chi connectivity index (χ2v) is 5.99. The molecule has 0 fully saturated rings. The number of hydrogen-bond donors (Lipinski definition) is 2. The Bertz CT molecular complexity index is 870. The molecule has 1 aromatic heterocycles. The van der Waals surface area contributed by atoms with Crippen LogP contribution in [0, 0.1) is 0 Å². The summed E-state index contributed by atoms with van der Waals surface area (Å²) in [4.78, 5) is 13.3. The number of thiophene rings is 1. The predicted octanol–water partition coefficient (Wildman–Crippen LogP) is 4.15. The number of carbonyl (C=O) groups excluding carboxylic acids is 1. The van der Waals surface area contributed by atoms with Gasteiger partial charge in [-0.15, -0.1) is 11.3 Å². The second-order valence-electron chi connectivity index (χ2n) is 5.05. The summed E-state index contributed by atoms with van der Waals surface area (Å²) in [5.74, 6) is -0.471. The van der Waals surface area contributed by atoms with Crippen molar-refractivity contribution in [2.24, 2.45) is 5.10 Å². The molecule has 3 aromatic rings. The Balaban J connectivity index is 1.87. The minimum Gasteiger partial charge on any atom is -0.507 e. The largest absolute Gasteiger partial charge is 0.507 e. The van der Waals surface area contributed by atoms with Gasteiger partial charge >= 0.3 is 0 Å². The van der Waals surface area contributed by atoms with E-state index in [-0.39, 0.29) is 11.3 Å². The van der Waals surface area contributed by atoms with Crippen molar-refractivity contribution in [1.29, 1.82) is 0 Å². The molecule has 0 aliphatic carbocycles. The van der Waals surface area contributed by atoms with Crippen molar-refractivity contribution in [3.63, 3.8) is 0 Å². The molecule has 0 saturated heterocycles. The summed E-state index contributed by atoms with van der Waals surface area (Å²) in [5.41, 5.74) is 3.57. The van der Waals surface area contributed by atoms with Crippen LogP contribution < -0.4 is 5.43 Å². The fourth-order valence-electron chi connectivity index (χ4n) is 2.34. The van der Waals surface area contributed by atoms with Crippen molar-refractivity contribution < 1.29 is 9.90 Å². The predicted molar refractivity (Wildman–Crippen MR) is 94.2 cm³/mol. The summed E-state index contributed by atoms with van der Waals surface area (Å²) in [6.45, 7) is 1.98. The molecule has 0 aliphatic heterocycles. The number of phenolic OH excluding ortho intramolecular Hbond substituents is 1. The van der Waals surface area contributed by atoms with E-state index in [4.69, 9.17) is 0 Å². The molecule has 0 atom stereocenters. The Morgan fingerprint density at radius 2 is 1.91 bits per heavy atom. The molecule has 0 spiro atoms. The first kappa shape index (κ1) is 15.2. The van der Waals surface area contributed by atoms with Crippen LogP contribution >= 0.6 is 11.3 Å². The van der Waals surface area contributed by atoms with Gasteiger partial charge in [0.2, 0.25) is 0 Å². The number of benzene rings is 2. The van der Waals surface area contributed by atoms with Crippen molar-refractivity contribution in [1.82, 2.24) is 5.43 Å². The van der Waals surface area contributed by atoms with Gasteiger partial charge in [0.05, 0.1) is 16.2 Å². The number of nitrogens with one attached hydrogen (secondary N) is 1. The maximum absolute atomic E-state index is 12.3. The number of nitrogens with zero attached hydrogens (tertiary/aromatic N) is 1. The van der Waals surface area contributed by atoms with Gasteiger partial charge < -0.3 is 5.11 Å². The molecule has 5 heteroatoms. The van der Waals surface area contributed by atoms with E-state index >= 15 is 0 Å². The van der Waals surface area contributed by atoms with E-state index < -0.39 is 5.91 Å². The molecule has 0 saturated carbocycles. The molecular formula is C18H16N2O2S. The third kappa shape index (κ3) is 3.24. The summed E-state index contributed by atoms with van der Waals surface area (Å²) in [6.07, 6.45) is 0.713. The molecular weight excluding hydrogens is 308 g/mol. The molecule has 23 heavy (non-hydrogen) atoms. The molecule has 116 valence electrons. The quantitative estimate of drug-likeness (QED) is 0.559. The van der Waals surface area contributed by atoms with Crippen LogP contribution in [0.25, 0.3) is 10.8 Å². The average molecular weight is 324 g/mol. The third-order valence-corrected chi connectivity index (χ3v) is 4.46. The van der Waals surface area contributed by atoms with Crippen LogP contribution in [-0.4, -0.2) is 16.7 Å². The highest BCUT2D eigenvalue weighted by Gasteiger charge is 2.12. The van der Waals surface area contributed by atoms with E-state index in [2.05, 4.69) is 10.5 Å². The monoisotopic (exact) mass is 324 g/mol. The Labute approximate surface area is 138 Å². The maximum atomic E-state index is 12.3. The zero-order valence-electron chi connectivity index (χ0n) is 12.6. The molecule has 3 rings (SSSR count). The first-order valence-electron chi connectivity index (χ1n) is 7.31.